The molecule has 24 heavy (non-hydrogen) atoms. The van der Waals surface area contributed by atoms with Gasteiger partial charge < -0.3 is 9.32 Å². The first kappa shape index (κ1) is 16.3. The van der Waals surface area contributed by atoms with E-state index >= 15 is 0 Å². The first-order valence-electron chi connectivity index (χ1n) is 8.14. The van der Waals surface area contributed by atoms with E-state index in [1.807, 2.05) is 34.6 Å². The molecule has 0 aromatic carbocycles. The summed E-state index contributed by atoms with van der Waals surface area (Å²) in [6.45, 7) is 7.18. The molecular formula is C17H23N5O2. The third kappa shape index (κ3) is 3.06. The molecule has 3 aromatic rings. The summed E-state index contributed by atoms with van der Waals surface area (Å²) in [6.07, 6.45) is 3.83. The highest BCUT2D eigenvalue weighted by molar-refractivity contribution is 5.79. The SMILES string of the molecule is Cc1nn(C(C)C)c2cnn(CCC(=O)N(C)Cc3ccco3)c12. The van der Waals surface area contributed by atoms with Gasteiger partial charge in [0.05, 0.1) is 31.2 Å². The number of amides is 1. The number of furan rings is 1. The molecule has 0 aliphatic carbocycles. The van der Waals surface area contributed by atoms with Crippen LogP contribution in [0.4, 0.5) is 0 Å². The fraction of sp³-hybridized carbons (Fsp3) is 0.471. The van der Waals surface area contributed by atoms with Gasteiger partial charge in [0, 0.05) is 19.5 Å². The minimum Gasteiger partial charge on any atom is -0.467 e. The normalized spacial score (nSPS) is 11.5. The summed E-state index contributed by atoms with van der Waals surface area (Å²) in [5.41, 5.74) is 2.96. The molecule has 0 bridgehead atoms. The fourth-order valence-electron chi connectivity index (χ4n) is 2.86. The van der Waals surface area contributed by atoms with E-state index < -0.39 is 0 Å². The average Bonchev–Trinajstić information content (AvgIpc) is 3.24. The summed E-state index contributed by atoms with van der Waals surface area (Å²) in [4.78, 5) is 14.0. The van der Waals surface area contributed by atoms with Crippen LogP contribution < -0.4 is 0 Å². The highest BCUT2D eigenvalue weighted by Gasteiger charge is 2.17. The van der Waals surface area contributed by atoms with Crippen molar-refractivity contribution >= 4 is 16.9 Å². The molecule has 0 aliphatic rings. The Labute approximate surface area is 140 Å². The lowest BCUT2D eigenvalue weighted by atomic mass is 10.3. The van der Waals surface area contributed by atoms with E-state index in [4.69, 9.17) is 4.42 Å². The Morgan fingerprint density at radius 2 is 2.21 bits per heavy atom. The summed E-state index contributed by atoms with van der Waals surface area (Å²) in [5.74, 6) is 0.838. The summed E-state index contributed by atoms with van der Waals surface area (Å²) < 4.78 is 9.12. The molecule has 128 valence electrons. The van der Waals surface area contributed by atoms with E-state index in [9.17, 15) is 4.79 Å². The summed E-state index contributed by atoms with van der Waals surface area (Å²) in [6, 6.07) is 3.97. The average molecular weight is 329 g/mol. The molecule has 1 amide bonds. The molecule has 0 N–H and O–H groups in total. The van der Waals surface area contributed by atoms with Gasteiger partial charge in [-0.05, 0) is 32.9 Å². The van der Waals surface area contributed by atoms with Gasteiger partial charge in [-0.3, -0.25) is 14.2 Å². The largest absolute Gasteiger partial charge is 0.467 e. The minimum atomic E-state index is 0.0592. The van der Waals surface area contributed by atoms with Crippen molar-refractivity contribution < 1.29 is 9.21 Å². The number of carbonyl (C=O) groups excluding carboxylic acids is 1. The second-order valence-electron chi connectivity index (χ2n) is 6.30. The number of hydrogen-bond acceptors (Lipinski definition) is 4. The van der Waals surface area contributed by atoms with Crippen molar-refractivity contribution in [2.45, 2.75) is 46.3 Å². The summed E-state index contributed by atoms with van der Waals surface area (Å²) in [7, 11) is 1.78. The number of carbonyl (C=O) groups is 1. The minimum absolute atomic E-state index is 0.0592. The van der Waals surface area contributed by atoms with Gasteiger partial charge in [0.1, 0.15) is 16.8 Å². The molecule has 0 unspecified atom stereocenters. The topological polar surface area (TPSA) is 69.1 Å². The Morgan fingerprint density at radius 1 is 1.42 bits per heavy atom. The predicted molar refractivity (Wildman–Crippen MR) is 90.4 cm³/mol. The second-order valence-corrected chi connectivity index (χ2v) is 6.30. The Morgan fingerprint density at radius 3 is 2.88 bits per heavy atom. The first-order chi connectivity index (χ1) is 11.5. The van der Waals surface area contributed by atoms with E-state index in [-0.39, 0.29) is 11.9 Å². The molecule has 0 fully saturated rings. The van der Waals surface area contributed by atoms with Crippen LogP contribution in [0.3, 0.4) is 0 Å². The van der Waals surface area contributed by atoms with Crippen LogP contribution in [0.25, 0.3) is 11.0 Å². The lowest BCUT2D eigenvalue weighted by Gasteiger charge is -2.15. The summed E-state index contributed by atoms with van der Waals surface area (Å²) in [5, 5.41) is 9.00. The van der Waals surface area contributed by atoms with Crippen molar-refractivity contribution in [3.05, 3.63) is 36.0 Å². The molecule has 7 heteroatoms. The zero-order valence-corrected chi connectivity index (χ0v) is 14.6. The van der Waals surface area contributed by atoms with Gasteiger partial charge in [-0.25, -0.2) is 0 Å². The third-order valence-corrected chi connectivity index (χ3v) is 4.09. The van der Waals surface area contributed by atoms with Crippen molar-refractivity contribution in [1.29, 1.82) is 0 Å². The van der Waals surface area contributed by atoms with Crippen LogP contribution in [0.1, 0.15) is 37.8 Å². The molecule has 0 atom stereocenters. The van der Waals surface area contributed by atoms with Crippen molar-refractivity contribution in [1.82, 2.24) is 24.5 Å². The van der Waals surface area contributed by atoms with Crippen LogP contribution in [0.15, 0.2) is 29.0 Å². The van der Waals surface area contributed by atoms with E-state index in [1.165, 1.54) is 0 Å². The van der Waals surface area contributed by atoms with Crippen LogP contribution in [0.2, 0.25) is 0 Å². The maximum atomic E-state index is 12.3. The van der Waals surface area contributed by atoms with E-state index in [0.29, 0.717) is 19.5 Å². The van der Waals surface area contributed by atoms with Crippen molar-refractivity contribution in [3.63, 3.8) is 0 Å². The fourth-order valence-corrected chi connectivity index (χ4v) is 2.86. The van der Waals surface area contributed by atoms with Crippen LogP contribution >= 0.6 is 0 Å². The number of nitrogens with zero attached hydrogens (tertiary/aromatic N) is 5. The van der Waals surface area contributed by atoms with Crippen LogP contribution in [0.5, 0.6) is 0 Å². The monoisotopic (exact) mass is 329 g/mol. The Kier molecular flexibility index (Phi) is 4.42. The smallest absolute Gasteiger partial charge is 0.224 e. The molecule has 7 nitrogen and oxygen atoms in total. The highest BCUT2D eigenvalue weighted by atomic mass is 16.3. The van der Waals surface area contributed by atoms with Crippen LogP contribution in [0, 0.1) is 6.92 Å². The molecule has 3 rings (SSSR count). The first-order valence-corrected chi connectivity index (χ1v) is 8.14. The quantitative estimate of drug-likeness (QED) is 0.697. The second kappa shape index (κ2) is 6.51. The standard InChI is InChI=1S/C17H23N5O2/c1-12(2)22-15-10-18-21(17(15)13(3)19-22)8-7-16(23)20(4)11-14-6-5-9-24-14/h5-6,9-10,12H,7-8,11H2,1-4H3. The van der Waals surface area contributed by atoms with Gasteiger partial charge in [-0.2, -0.15) is 10.2 Å². The van der Waals surface area contributed by atoms with Crippen LogP contribution in [-0.4, -0.2) is 37.4 Å². The van der Waals surface area contributed by atoms with E-state index in [0.717, 1.165) is 22.5 Å². The molecule has 0 aliphatic heterocycles. The van der Waals surface area contributed by atoms with Gasteiger partial charge in [0.25, 0.3) is 0 Å². The lowest BCUT2D eigenvalue weighted by molar-refractivity contribution is -0.130. The van der Waals surface area contributed by atoms with Gasteiger partial charge in [0.15, 0.2) is 0 Å². The Bertz CT molecular complexity index is 829. The van der Waals surface area contributed by atoms with Crippen molar-refractivity contribution in [2.75, 3.05) is 7.05 Å². The zero-order valence-electron chi connectivity index (χ0n) is 14.6. The molecular weight excluding hydrogens is 306 g/mol. The number of hydrogen-bond donors (Lipinski definition) is 0. The van der Waals surface area contributed by atoms with Crippen LogP contribution in [-0.2, 0) is 17.9 Å². The van der Waals surface area contributed by atoms with Gasteiger partial charge in [-0.1, -0.05) is 0 Å². The maximum absolute atomic E-state index is 12.3. The van der Waals surface area contributed by atoms with Crippen molar-refractivity contribution in [3.8, 4) is 0 Å². The molecule has 3 aromatic heterocycles. The highest BCUT2D eigenvalue weighted by Crippen LogP contribution is 2.21. The zero-order chi connectivity index (χ0) is 17.3. The van der Waals surface area contributed by atoms with E-state index in [1.54, 1.807) is 18.2 Å². The maximum Gasteiger partial charge on any atom is 0.224 e. The molecule has 0 saturated heterocycles. The van der Waals surface area contributed by atoms with Crippen molar-refractivity contribution in [2.24, 2.45) is 0 Å². The molecule has 3 heterocycles. The number of aryl methyl sites for hydroxylation is 2. The molecule has 0 saturated carbocycles. The Balaban J connectivity index is 1.68. The van der Waals surface area contributed by atoms with E-state index in [2.05, 4.69) is 24.0 Å². The summed E-state index contributed by atoms with van der Waals surface area (Å²) >= 11 is 0. The molecule has 0 radical (unpaired) electrons. The molecule has 0 spiro atoms. The number of fused-ring (bicyclic) bond motifs is 1. The number of aromatic nitrogens is 4. The van der Waals surface area contributed by atoms with Gasteiger partial charge in [-0.15, -0.1) is 0 Å². The third-order valence-electron chi connectivity index (χ3n) is 4.09. The Hall–Kier alpha value is -2.57. The van der Waals surface area contributed by atoms with Gasteiger partial charge >= 0.3 is 0 Å². The van der Waals surface area contributed by atoms with Gasteiger partial charge in [0.2, 0.25) is 5.91 Å². The number of rotatable bonds is 6. The predicted octanol–water partition coefficient (Wildman–Crippen LogP) is 2.76. The lowest BCUT2D eigenvalue weighted by Crippen LogP contribution is -2.27.